The Hall–Kier alpha value is -3.01. The second-order valence-corrected chi connectivity index (χ2v) is 8.05. The molecule has 0 saturated heterocycles. The number of nitro benzene ring substituents is 1. The molecule has 8 nitrogen and oxygen atoms in total. The number of rotatable bonds is 9. The quantitative estimate of drug-likeness (QED) is 0.254. The monoisotopic (exact) mass is 476 g/mol. The van der Waals surface area contributed by atoms with Crippen LogP contribution in [0.1, 0.15) is 12.5 Å². The molecule has 0 aliphatic heterocycles. The summed E-state index contributed by atoms with van der Waals surface area (Å²) < 4.78 is 6.49. The molecule has 0 fully saturated rings. The molecular formula is C22H25ClN4O4S. The summed E-state index contributed by atoms with van der Waals surface area (Å²) in [7, 11) is 3.88. The van der Waals surface area contributed by atoms with Crippen LogP contribution in [0.2, 0.25) is 0 Å². The van der Waals surface area contributed by atoms with E-state index in [1.54, 1.807) is 23.1 Å². The fraction of sp³-hybridized carbons (Fsp3) is 0.273. The van der Waals surface area contributed by atoms with Crippen molar-refractivity contribution in [2.24, 2.45) is 0 Å². The van der Waals surface area contributed by atoms with E-state index in [9.17, 15) is 14.9 Å². The lowest BCUT2D eigenvalue weighted by Crippen LogP contribution is -2.35. The van der Waals surface area contributed by atoms with Gasteiger partial charge in [-0.15, -0.1) is 12.4 Å². The highest BCUT2D eigenvalue weighted by molar-refractivity contribution is 7.22. The van der Waals surface area contributed by atoms with Crippen molar-refractivity contribution in [3.05, 3.63) is 64.2 Å². The highest BCUT2D eigenvalue weighted by Gasteiger charge is 2.18. The largest absolute Gasteiger partial charge is 0.494 e. The molecular weight excluding hydrogens is 452 g/mol. The highest BCUT2D eigenvalue weighted by Crippen LogP contribution is 2.31. The lowest BCUT2D eigenvalue weighted by molar-refractivity contribution is -0.384. The van der Waals surface area contributed by atoms with E-state index in [2.05, 4.69) is 4.98 Å². The Morgan fingerprint density at radius 1 is 1.22 bits per heavy atom. The van der Waals surface area contributed by atoms with Crippen molar-refractivity contribution in [1.29, 1.82) is 0 Å². The van der Waals surface area contributed by atoms with Crippen LogP contribution in [-0.2, 0) is 4.79 Å². The van der Waals surface area contributed by atoms with Crippen molar-refractivity contribution in [2.75, 3.05) is 38.7 Å². The zero-order valence-corrected chi connectivity index (χ0v) is 19.7. The van der Waals surface area contributed by atoms with Crippen LogP contribution in [0.15, 0.2) is 48.5 Å². The van der Waals surface area contributed by atoms with Crippen molar-refractivity contribution >= 4 is 56.8 Å². The minimum absolute atomic E-state index is 0. The van der Waals surface area contributed by atoms with E-state index in [0.29, 0.717) is 30.4 Å². The SMILES string of the molecule is CCOc1ccc2nc(N(CCN(C)C)C(=O)C=Cc3cccc([N+](=O)[O-])c3)sc2c1.Cl. The summed E-state index contributed by atoms with van der Waals surface area (Å²) >= 11 is 1.43. The summed E-state index contributed by atoms with van der Waals surface area (Å²) in [5.74, 6) is 0.527. The number of carbonyl (C=O) groups excluding carboxylic acids is 1. The predicted molar refractivity (Wildman–Crippen MR) is 131 cm³/mol. The van der Waals surface area contributed by atoms with Gasteiger partial charge < -0.3 is 9.64 Å². The average molecular weight is 477 g/mol. The molecule has 0 aliphatic carbocycles. The summed E-state index contributed by atoms with van der Waals surface area (Å²) in [5, 5.41) is 11.6. The van der Waals surface area contributed by atoms with Gasteiger partial charge in [-0.25, -0.2) is 4.98 Å². The molecule has 2 aromatic carbocycles. The van der Waals surface area contributed by atoms with Gasteiger partial charge in [-0.05, 0) is 50.9 Å². The highest BCUT2D eigenvalue weighted by atomic mass is 35.5. The third-order valence-electron chi connectivity index (χ3n) is 4.43. The van der Waals surface area contributed by atoms with Gasteiger partial charge >= 0.3 is 0 Å². The molecule has 170 valence electrons. The Labute approximate surface area is 196 Å². The summed E-state index contributed by atoms with van der Waals surface area (Å²) in [6.07, 6.45) is 3.00. The first kappa shape index (κ1) is 25.3. The molecule has 0 saturated carbocycles. The standard InChI is InChI=1S/C22H24N4O4S.ClH/c1-4-30-18-9-10-19-20(15-18)31-22(23-19)25(13-12-24(2)3)21(27)11-8-16-6-5-7-17(14-16)26(28)29;/h5-11,14-15H,4,12-13H2,1-3H3;1H. The summed E-state index contributed by atoms with van der Waals surface area (Å²) in [6.45, 7) is 3.63. The van der Waals surface area contributed by atoms with E-state index in [0.717, 1.165) is 16.0 Å². The number of nitro groups is 1. The third kappa shape index (κ3) is 6.49. The summed E-state index contributed by atoms with van der Waals surface area (Å²) in [5.41, 5.74) is 1.37. The van der Waals surface area contributed by atoms with Crippen LogP contribution in [0.3, 0.4) is 0 Å². The molecule has 0 bridgehead atoms. The molecule has 0 aliphatic rings. The van der Waals surface area contributed by atoms with Crippen molar-refractivity contribution in [3.63, 3.8) is 0 Å². The number of hydrogen-bond donors (Lipinski definition) is 0. The van der Waals surface area contributed by atoms with Gasteiger partial charge in [0.25, 0.3) is 11.6 Å². The summed E-state index contributed by atoms with van der Waals surface area (Å²) in [4.78, 5) is 31.8. The van der Waals surface area contributed by atoms with E-state index < -0.39 is 4.92 Å². The molecule has 0 spiro atoms. The first-order chi connectivity index (χ1) is 14.9. The molecule has 3 aromatic rings. The Bertz CT molecular complexity index is 1120. The molecule has 0 unspecified atom stereocenters. The third-order valence-corrected chi connectivity index (χ3v) is 5.47. The molecule has 1 aromatic heterocycles. The van der Waals surface area contributed by atoms with Gasteiger partial charge in [-0.1, -0.05) is 23.5 Å². The Morgan fingerprint density at radius 3 is 2.69 bits per heavy atom. The number of aromatic nitrogens is 1. The van der Waals surface area contributed by atoms with Crippen molar-refractivity contribution in [2.45, 2.75) is 6.92 Å². The first-order valence-electron chi connectivity index (χ1n) is 9.79. The number of ether oxygens (including phenoxy) is 1. The van der Waals surface area contributed by atoms with Crippen LogP contribution in [-0.4, -0.2) is 54.5 Å². The van der Waals surface area contributed by atoms with Gasteiger partial charge in [0.2, 0.25) is 0 Å². The number of hydrogen-bond acceptors (Lipinski definition) is 7. The van der Waals surface area contributed by atoms with Crippen LogP contribution in [0, 0.1) is 10.1 Å². The van der Waals surface area contributed by atoms with Crippen LogP contribution in [0.25, 0.3) is 16.3 Å². The Morgan fingerprint density at radius 2 is 2.00 bits per heavy atom. The Balaban J connectivity index is 0.00000363. The van der Waals surface area contributed by atoms with E-state index in [4.69, 9.17) is 4.74 Å². The molecule has 10 heteroatoms. The van der Waals surface area contributed by atoms with Crippen molar-refractivity contribution in [1.82, 2.24) is 9.88 Å². The van der Waals surface area contributed by atoms with Gasteiger partial charge in [-0.3, -0.25) is 19.8 Å². The maximum atomic E-state index is 13.0. The number of carbonyl (C=O) groups is 1. The van der Waals surface area contributed by atoms with Gasteiger partial charge in [0.15, 0.2) is 5.13 Å². The van der Waals surface area contributed by atoms with Crippen molar-refractivity contribution in [3.8, 4) is 5.75 Å². The lowest BCUT2D eigenvalue weighted by atomic mass is 10.2. The number of likely N-dealkylation sites (N-methyl/N-ethyl adjacent to an activating group) is 1. The smallest absolute Gasteiger partial charge is 0.270 e. The number of non-ortho nitro benzene ring substituents is 1. The molecule has 3 rings (SSSR count). The van der Waals surface area contributed by atoms with Gasteiger partial charge in [0.05, 0.1) is 21.7 Å². The maximum absolute atomic E-state index is 13.0. The number of fused-ring (bicyclic) bond motifs is 1. The topological polar surface area (TPSA) is 88.8 Å². The van der Waals surface area contributed by atoms with Crippen LogP contribution < -0.4 is 9.64 Å². The van der Waals surface area contributed by atoms with E-state index in [1.807, 2.05) is 44.1 Å². The lowest BCUT2D eigenvalue weighted by Gasteiger charge is -2.20. The minimum Gasteiger partial charge on any atom is -0.494 e. The molecule has 32 heavy (non-hydrogen) atoms. The average Bonchev–Trinajstić information content (AvgIpc) is 3.15. The number of anilines is 1. The minimum atomic E-state index is -0.458. The van der Waals surface area contributed by atoms with Gasteiger partial charge in [-0.2, -0.15) is 0 Å². The van der Waals surface area contributed by atoms with Crippen LogP contribution in [0.5, 0.6) is 5.75 Å². The van der Waals surface area contributed by atoms with Crippen LogP contribution >= 0.6 is 23.7 Å². The molecule has 1 amide bonds. The normalized spacial score (nSPS) is 11.0. The Kier molecular flexibility index (Phi) is 9.13. The predicted octanol–water partition coefficient (Wildman–Crippen LogP) is 4.63. The molecule has 0 atom stereocenters. The first-order valence-corrected chi connectivity index (χ1v) is 10.6. The van der Waals surface area contributed by atoms with Crippen LogP contribution in [0.4, 0.5) is 10.8 Å². The van der Waals surface area contributed by atoms with E-state index in [-0.39, 0.29) is 24.0 Å². The van der Waals surface area contributed by atoms with Gasteiger partial charge in [0.1, 0.15) is 5.75 Å². The maximum Gasteiger partial charge on any atom is 0.270 e. The second-order valence-electron chi connectivity index (χ2n) is 7.04. The second kappa shape index (κ2) is 11.6. The number of halogens is 1. The van der Waals surface area contributed by atoms with E-state index in [1.165, 1.54) is 29.5 Å². The number of thiazole rings is 1. The number of nitrogens with zero attached hydrogens (tertiary/aromatic N) is 4. The number of benzene rings is 2. The molecule has 0 radical (unpaired) electrons. The fourth-order valence-corrected chi connectivity index (χ4v) is 3.89. The van der Waals surface area contributed by atoms with E-state index >= 15 is 0 Å². The zero-order valence-electron chi connectivity index (χ0n) is 18.1. The van der Waals surface area contributed by atoms with Crippen molar-refractivity contribution < 1.29 is 14.5 Å². The fourth-order valence-electron chi connectivity index (χ4n) is 2.86. The number of amides is 1. The summed E-state index contributed by atoms with van der Waals surface area (Å²) in [6, 6.07) is 11.8. The molecule has 1 heterocycles. The van der Waals surface area contributed by atoms with Gasteiger partial charge in [0, 0.05) is 31.3 Å². The zero-order chi connectivity index (χ0) is 22.4. The molecule has 0 N–H and O–H groups in total.